The van der Waals surface area contributed by atoms with Gasteiger partial charge in [0.05, 0.1) is 22.1 Å². The molecule has 124 valence electrons. The van der Waals surface area contributed by atoms with Gasteiger partial charge in [-0.1, -0.05) is 19.1 Å². The van der Waals surface area contributed by atoms with Gasteiger partial charge in [-0.15, -0.1) is 0 Å². The lowest BCUT2D eigenvalue weighted by molar-refractivity contribution is 0.102. The van der Waals surface area contributed by atoms with E-state index in [0.29, 0.717) is 17.2 Å². The third-order valence-electron chi connectivity index (χ3n) is 4.02. The Hall–Kier alpha value is -3.28. The summed E-state index contributed by atoms with van der Waals surface area (Å²) in [6, 6.07) is 15.0. The number of nitrogens with one attached hydrogen (secondary N) is 1. The van der Waals surface area contributed by atoms with E-state index in [-0.39, 0.29) is 5.91 Å². The zero-order valence-corrected chi connectivity index (χ0v) is 13.8. The van der Waals surface area contributed by atoms with Crippen LogP contribution >= 0.6 is 0 Å². The number of carbonyl (C=O) groups excluding carboxylic acids is 1. The number of hydrogen-bond donors (Lipinski definition) is 1. The van der Waals surface area contributed by atoms with Crippen molar-refractivity contribution < 1.29 is 4.79 Å². The summed E-state index contributed by atoms with van der Waals surface area (Å²) in [6.45, 7) is 2.88. The maximum atomic E-state index is 12.6. The molecule has 0 unspecified atom stereocenters. The number of rotatable bonds is 4. The quantitative estimate of drug-likeness (QED) is 0.619. The Morgan fingerprint density at radius 2 is 1.84 bits per heavy atom. The number of pyridine rings is 2. The first-order chi connectivity index (χ1) is 12.3. The molecule has 3 heterocycles. The van der Waals surface area contributed by atoms with Crippen LogP contribution in [-0.4, -0.2) is 25.4 Å². The highest BCUT2D eigenvalue weighted by Gasteiger charge is 2.15. The third kappa shape index (κ3) is 2.82. The van der Waals surface area contributed by atoms with Gasteiger partial charge in [0.15, 0.2) is 0 Å². The zero-order chi connectivity index (χ0) is 17.2. The van der Waals surface area contributed by atoms with Crippen LogP contribution in [0.4, 0.5) is 5.95 Å². The molecule has 4 aromatic rings. The van der Waals surface area contributed by atoms with E-state index >= 15 is 0 Å². The van der Waals surface area contributed by atoms with E-state index in [0.717, 1.165) is 29.5 Å². The number of anilines is 1. The second-order valence-corrected chi connectivity index (χ2v) is 5.77. The number of aryl methyl sites for hydroxylation is 1. The minimum absolute atomic E-state index is 0.279. The monoisotopic (exact) mass is 331 g/mol. The maximum absolute atomic E-state index is 12.6. The van der Waals surface area contributed by atoms with E-state index in [1.54, 1.807) is 24.4 Å². The number of imidazole rings is 1. The van der Waals surface area contributed by atoms with Crippen molar-refractivity contribution in [2.75, 3.05) is 5.32 Å². The molecule has 0 saturated carbocycles. The van der Waals surface area contributed by atoms with Crippen LogP contribution in [0.1, 0.15) is 23.8 Å². The molecule has 0 spiro atoms. The maximum Gasteiger partial charge on any atom is 0.276 e. The first kappa shape index (κ1) is 15.3. The first-order valence-electron chi connectivity index (χ1n) is 8.24. The number of carbonyl (C=O) groups is 1. The van der Waals surface area contributed by atoms with Crippen molar-refractivity contribution in [3.63, 3.8) is 0 Å². The summed E-state index contributed by atoms with van der Waals surface area (Å²) in [5.74, 6) is 0.263. The molecule has 6 heteroatoms. The molecule has 25 heavy (non-hydrogen) atoms. The molecule has 0 bridgehead atoms. The van der Waals surface area contributed by atoms with Crippen molar-refractivity contribution in [1.29, 1.82) is 0 Å². The van der Waals surface area contributed by atoms with E-state index in [9.17, 15) is 4.79 Å². The van der Waals surface area contributed by atoms with Crippen molar-refractivity contribution in [3.8, 4) is 0 Å². The number of benzene rings is 1. The molecule has 0 radical (unpaired) electrons. The summed E-state index contributed by atoms with van der Waals surface area (Å²) in [7, 11) is 0. The summed E-state index contributed by atoms with van der Waals surface area (Å²) in [5.41, 5.74) is 3.67. The number of hydrogen-bond acceptors (Lipinski definition) is 4. The molecular weight excluding hydrogens is 314 g/mol. The Kier molecular flexibility index (Phi) is 3.85. The predicted octanol–water partition coefficient (Wildman–Crippen LogP) is 3.64. The van der Waals surface area contributed by atoms with Crippen LogP contribution in [0.5, 0.6) is 0 Å². The average molecular weight is 331 g/mol. The van der Waals surface area contributed by atoms with Gasteiger partial charge in [0.2, 0.25) is 5.95 Å². The summed E-state index contributed by atoms with van der Waals surface area (Å²) >= 11 is 0. The molecule has 0 aliphatic rings. The highest BCUT2D eigenvalue weighted by molar-refractivity contribution is 6.03. The fourth-order valence-electron chi connectivity index (χ4n) is 2.87. The number of nitrogens with zero attached hydrogens (tertiary/aromatic N) is 4. The van der Waals surface area contributed by atoms with E-state index in [1.807, 2.05) is 34.9 Å². The number of aromatic nitrogens is 4. The van der Waals surface area contributed by atoms with E-state index < -0.39 is 0 Å². The summed E-state index contributed by atoms with van der Waals surface area (Å²) in [4.78, 5) is 25.8. The lowest BCUT2D eigenvalue weighted by Gasteiger charge is -2.09. The van der Waals surface area contributed by atoms with E-state index in [4.69, 9.17) is 0 Å². The Morgan fingerprint density at radius 3 is 2.72 bits per heavy atom. The van der Waals surface area contributed by atoms with Gasteiger partial charge in [0.25, 0.3) is 5.91 Å². The lowest BCUT2D eigenvalue weighted by Crippen LogP contribution is -2.17. The largest absolute Gasteiger partial charge is 0.310 e. The molecule has 0 fully saturated rings. The van der Waals surface area contributed by atoms with Gasteiger partial charge in [-0.05, 0) is 42.8 Å². The normalized spacial score (nSPS) is 11.1. The number of para-hydroxylation sites is 2. The van der Waals surface area contributed by atoms with Crippen molar-refractivity contribution in [1.82, 2.24) is 19.5 Å². The van der Waals surface area contributed by atoms with Crippen LogP contribution in [0.25, 0.3) is 22.1 Å². The highest BCUT2D eigenvalue weighted by atomic mass is 16.2. The molecule has 0 aliphatic carbocycles. The van der Waals surface area contributed by atoms with Crippen LogP contribution in [0, 0.1) is 0 Å². The standard InChI is InChI=1S/C19H17N5O/c1-2-12-24-17-8-4-3-6-15(17)22-19(24)23-18(25)16-10-9-13-14(21-16)7-5-11-20-13/h3-11H,2,12H2,1H3,(H,22,23,25). The lowest BCUT2D eigenvalue weighted by atomic mass is 10.2. The van der Waals surface area contributed by atoms with Crippen molar-refractivity contribution in [2.24, 2.45) is 0 Å². The van der Waals surface area contributed by atoms with E-state index in [1.165, 1.54) is 0 Å². The van der Waals surface area contributed by atoms with Crippen molar-refractivity contribution >= 4 is 33.9 Å². The molecule has 0 aliphatic heterocycles. The molecule has 0 atom stereocenters. The summed E-state index contributed by atoms with van der Waals surface area (Å²) in [5, 5.41) is 2.90. The van der Waals surface area contributed by atoms with Gasteiger partial charge in [-0.25, -0.2) is 9.97 Å². The molecule has 1 amide bonds. The zero-order valence-electron chi connectivity index (χ0n) is 13.8. The second kappa shape index (κ2) is 6.32. The molecule has 6 nitrogen and oxygen atoms in total. The van der Waals surface area contributed by atoms with Crippen LogP contribution in [0.15, 0.2) is 54.7 Å². The van der Waals surface area contributed by atoms with Gasteiger partial charge in [-0.2, -0.15) is 0 Å². The van der Waals surface area contributed by atoms with Gasteiger partial charge >= 0.3 is 0 Å². The fourth-order valence-corrected chi connectivity index (χ4v) is 2.87. The van der Waals surface area contributed by atoms with Crippen LogP contribution in [-0.2, 0) is 6.54 Å². The Labute approximate surface area is 144 Å². The second-order valence-electron chi connectivity index (χ2n) is 5.77. The van der Waals surface area contributed by atoms with Crippen LogP contribution in [0.3, 0.4) is 0 Å². The van der Waals surface area contributed by atoms with E-state index in [2.05, 4.69) is 27.2 Å². The number of amides is 1. The molecule has 3 aromatic heterocycles. The molecule has 0 saturated heterocycles. The smallest absolute Gasteiger partial charge is 0.276 e. The summed E-state index contributed by atoms with van der Waals surface area (Å²) in [6.07, 6.45) is 2.65. The van der Waals surface area contributed by atoms with Crippen LogP contribution in [0.2, 0.25) is 0 Å². The molecular formula is C19H17N5O. The van der Waals surface area contributed by atoms with Gasteiger partial charge in [0, 0.05) is 12.7 Å². The molecule has 1 N–H and O–H groups in total. The minimum atomic E-state index is -0.279. The molecule has 1 aromatic carbocycles. The predicted molar refractivity (Wildman–Crippen MR) is 97.5 cm³/mol. The van der Waals surface area contributed by atoms with Crippen molar-refractivity contribution in [2.45, 2.75) is 19.9 Å². The minimum Gasteiger partial charge on any atom is -0.310 e. The highest BCUT2D eigenvalue weighted by Crippen LogP contribution is 2.20. The van der Waals surface area contributed by atoms with Gasteiger partial charge < -0.3 is 4.57 Å². The molecule has 4 rings (SSSR count). The van der Waals surface area contributed by atoms with Crippen molar-refractivity contribution in [3.05, 3.63) is 60.4 Å². The Morgan fingerprint density at radius 1 is 1.00 bits per heavy atom. The summed E-state index contributed by atoms with van der Waals surface area (Å²) < 4.78 is 2.02. The number of fused-ring (bicyclic) bond motifs is 2. The van der Waals surface area contributed by atoms with Gasteiger partial charge in [0.1, 0.15) is 5.69 Å². The average Bonchev–Trinajstić information content (AvgIpc) is 2.99. The third-order valence-corrected chi connectivity index (χ3v) is 4.02. The fraction of sp³-hybridized carbons (Fsp3) is 0.158. The van der Waals surface area contributed by atoms with Crippen LogP contribution < -0.4 is 5.32 Å². The topological polar surface area (TPSA) is 72.7 Å². The SMILES string of the molecule is CCCn1c(NC(=O)c2ccc3ncccc3n2)nc2ccccc21. The Bertz CT molecular complexity index is 1070. The first-order valence-corrected chi connectivity index (χ1v) is 8.24. The van der Waals surface area contributed by atoms with Gasteiger partial charge in [-0.3, -0.25) is 15.1 Å². The Balaban J connectivity index is 1.69.